The van der Waals surface area contributed by atoms with Gasteiger partial charge in [-0.05, 0) is 31.4 Å². The molecule has 0 radical (unpaired) electrons. The fourth-order valence-electron chi connectivity index (χ4n) is 2.05. The van der Waals surface area contributed by atoms with E-state index in [1.165, 1.54) is 11.3 Å². The van der Waals surface area contributed by atoms with Crippen LogP contribution in [0.2, 0.25) is 0 Å². The number of hydrogen-bond acceptors (Lipinski definition) is 5. The molecule has 6 nitrogen and oxygen atoms in total. The molecule has 0 saturated carbocycles. The minimum Gasteiger partial charge on any atom is -0.355 e. The van der Waals surface area contributed by atoms with Crippen molar-refractivity contribution in [2.75, 3.05) is 0 Å². The number of nitrogens with one attached hydrogen (secondary N) is 1. The van der Waals surface area contributed by atoms with Gasteiger partial charge in [0, 0.05) is 18.8 Å². The van der Waals surface area contributed by atoms with E-state index < -0.39 is 0 Å². The van der Waals surface area contributed by atoms with E-state index in [4.69, 9.17) is 4.52 Å². The lowest BCUT2D eigenvalue weighted by Gasteiger charge is -2.09. The highest BCUT2D eigenvalue weighted by atomic mass is 32.1. The van der Waals surface area contributed by atoms with Crippen molar-refractivity contribution in [3.8, 4) is 10.6 Å². The van der Waals surface area contributed by atoms with Crippen molar-refractivity contribution in [3.63, 3.8) is 0 Å². The smallest absolute Gasteiger partial charge is 0.274 e. The molecule has 1 atom stereocenters. The van der Waals surface area contributed by atoms with Crippen LogP contribution < -0.4 is 5.32 Å². The molecule has 0 aromatic carbocycles. The molecule has 114 valence electrons. The van der Waals surface area contributed by atoms with Crippen LogP contribution in [0.3, 0.4) is 0 Å². The Kier molecular flexibility index (Phi) is 4.06. The van der Waals surface area contributed by atoms with E-state index >= 15 is 0 Å². The Morgan fingerprint density at radius 2 is 2.36 bits per heavy atom. The Hall–Kier alpha value is -2.41. The quantitative estimate of drug-likeness (QED) is 0.785. The van der Waals surface area contributed by atoms with Crippen LogP contribution >= 0.6 is 11.3 Å². The number of aryl methyl sites for hydroxylation is 1. The summed E-state index contributed by atoms with van der Waals surface area (Å²) in [7, 11) is 0. The first-order chi connectivity index (χ1) is 10.7. The van der Waals surface area contributed by atoms with Gasteiger partial charge in [0.1, 0.15) is 0 Å². The Morgan fingerprint density at radius 3 is 3.05 bits per heavy atom. The van der Waals surface area contributed by atoms with Gasteiger partial charge in [-0.2, -0.15) is 5.10 Å². The van der Waals surface area contributed by atoms with Gasteiger partial charge in [-0.1, -0.05) is 11.2 Å². The zero-order valence-electron chi connectivity index (χ0n) is 12.3. The molecule has 3 heterocycles. The monoisotopic (exact) mass is 316 g/mol. The molecule has 0 unspecified atom stereocenters. The van der Waals surface area contributed by atoms with Gasteiger partial charge in [-0.3, -0.25) is 9.48 Å². The summed E-state index contributed by atoms with van der Waals surface area (Å²) in [5.41, 5.74) is 1.09. The molecule has 1 N–H and O–H groups in total. The van der Waals surface area contributed by atoms with Crippen LogP contribution in [0, 0.1) is 0 Å². The summed E-state index contributed by atoms with van der Waals surface area (Å²) in [5, 5.41) is 13.0. The molecule has 0 fully saturated rings. The molecule has 1 amide bonds. The molecule has 0 bridgehead atoms. The van der Waals surface area contributed by atoms with E-state index in [0.717, 1.165) is 17.1 Å². The summed E-state index contributed by atoms with van der Waals surface area (Å²) in [6, 6.07) is 7.20. The Morgan fingerprint density at radius 1 is 1.50 bits per heavy atom. The topological polar surface area (TPSA) is 73.0 Å². The minimum atomic E-state index is -0.273. The highest BCUT2D eigenvalue weighted by Gasteiger charge is 2.18. The number of hydrogen-bond donors (Lipinski definition) is 1. The van der Waals surface area contributed by atoms with Gasteiger partial charge >= 0.3 is 0 Å². The first-order valence-corrected chi connectivity index (χ1v) is 7.90. The van der Waals surface area contributed by atoms with E-state index in [9.17, 15) is 4.79 Å². The Labute approximate surface area is 131 Å². The summed E-state index contributed by atoms with van der Waals surface area (Å²) < 4.78 is 7.04. The van der Waals surface area contributed by atoms with Gasteiger partial charge in [0.15, 0.2) is 11.5 Å². The highest BCUT2D eigenvalue weighted by molar-refractivity contribution is 7.13. The molecule has 0 spiro atoms. The zero-order chi connectivity index (χ0) is 15.5. The lowest BCUT2D eigenvalue weighted by Crippen LogP contribution is -2.27. The summed E-state index contributed by atoms with van der Waals surface area (Å²) in [6.07, 6.45) is 1.89. The highest BCUT2D eigenvalue weighted by Crippen LogP contribution is 2.25. The fraction of sp³-hybridized carbons (Fsp3) is 0.267. The van der Waals surface area contributed by atoms with E-state index in [0.29, 0.717) is 5.76 Å². The third-order valence-electron chi connectivity index (χ3n) is 3.28. The van der Waals surface area contributed by atoms with E-state index in [1.807, 2.05) is 48.3 Å². The number of thiophene rings is 1. The van der Waals surface area contributed by atoms with Crippen molar-refractivity contribution < 1.29 is 9.32 Å². The predicted octanol–water partition coefficient (Wildman–Crippen LogP) is 3.11. The number of aromatic nitrogens is 3. The van der Waals surface area contributed by atoms with Crippen molar-refractivity contribution in [1.29, 1.82) is 0 Å². The lowest BCUT2D eigenvalue weighted by atomic mass is 10.2. The maximum Gasteiger partial charge on any atom is 0.274 e. The summed E-state index contributed by atoms with van der Waals surface area (Å²) in [6.45, 7) is 4.70. The second kappa shape index (κ2) is 6.15. The van der Waals surface area contributed by atoms with Gasteiger partial charge in [-0.15, -0.1) is 11.3 Å². The van der Waals surface area contributed by atoms with E-state index in [1.54, 1.807) is 6.07 Å². The number of rotatable bonds is 5. The van der Waals surface area contributed by atoms with Gasteiger partial charge in [-0.25, -0.2) is 0 Å². The minimum absolute atomic E-state index is 0.192. The number of amides is 1. The molecule has 22 heavy (non-hydrogen) atoms. The molecule has 0 aliphatic carbocycles. The molecule has 3 aromatic rings. The molecular formula is C15H16N4O2S. The average molecular weight is 316 g/mol. The first kappa shape index (κ1) is 14.5. The van der Waals surface area contributed by atoms with Gasteiger partial charge in [0.25, 0.3) is 5.91 Å². The molecule has 3 rings (SSSR count). The van der Waals surface area contributed by atoms with Crippen molar-refractivity contribution in [3.05, 3.63) is 47.2 Å². The van der Waals surface area contributed by atoms with Crippen molar-refractivity contribution in [2.24, 2.45) is 0 Å². The summed E-state index contributed by atoms with van der Waals surface area (Å²) in [4.78, 5) is 13.2. The Balaban J connectivity index is 1.69. The van der Waals surface area contributed by atoms with Crippen LogP contribution in [0.15, 0.2) is 40.4 Å². The van der Waals surface area contributed by atoms with Crippen LogP contribution in [0.1, 0.15) is 36.1 Å². The summed E-state index contributed by atoms with van der Waals surface area (Å²) in [5.74, 6) is 0.327. The molecule has 3 aromatic heterocycles. The lowest BCUT2D eigenvalue weighted by molar-refractivity contribution is 0.0930. The normalized spacial score (nSPS) is 12.3. The van der Waals surface area contributed by atoms with Gasteiger partial charge < -0.3 is 9.84 Å². The molecule has 0 saturated heterocycles. The molecule has 0 aliphatic heterocycles. The van der Waals surface area contributed by atoms with Crippen molar-refractivity contribution in [1.82, 2.24) is 20.3 Å². The maximum atomic E-state index is 12.2. The molecule has 7 heteroatoms. The fourth-order valence-corrected chi connectivity index (χ4v) is 2.72. The third kappa shape index (κ3) is 2.94. The van der Waals surface area contributed by atoms with Crippen LogP contribution in [0.4, 0.5) is 0 Å². The van der Waals surface area contributed by atoms with Gasteiger partial charge in [0.05, 0.1) is 16.6 Å². The van der Waals surface area contributed by atoms with Crippen LogP contribution in [-0.4, -0.2) is 20.8 Å². The second-order valence-electron chi connectivity index (χ2n) is 4.85. The first-order valence-electron chi connectivity index (χ1n) is 7.02. The number of nitrogens with zero attached hydrogens (tertiary/aromatic N) is 3. The van der Waals surface area contributed by atoms with Crippen LogP contribution in [0.5, 0.6) is 0 Å². The van der Waals surface area contributed by atoms with Crippen LogP contribution in [-0.2, 0) is 6.54 Å². The van der Waals surface area contributed by atoms with Gasteiger partial charge in [0.2, 0.25) is 0 Å². The van der Waals surface area contributed by atoms with Crippen molar-refractivity contribution >= 4 is 17.2 Å². The second-order valence-corrected chi connectivity index (χ2v) is 5.79. The zero-order valence-corrected chi connectivity index (χ0v) is 13.1. The maximum absolute atomic E-state index is 12.2. The Bertz CT molecular complexity index is 760. The number of carbonyl (C=O) groups is 1. The predicted molar refractivity (Wildman–Crippen MR) is 83.6 cm³/mol. The van der Waals surface area contributed by atoms with Crippen molar-refractivity contribution in [2.45, 2.75) is 26.4 Å². The van der Waals surface area contributed by atoms with Crippen LogP contribution in [0.25, 0.3) is 10.6 Å². The number of carbonyl (C=O) groups excluding carboxylic acids is 1. The largest absolute Gasteiger partial charge is 0.355 e. The molecule has 0 aliphatic rings. The summed E-state index contributed by atoms with van der Waals surface area (Å²) >= 11 is 1.54. The SMILES string of the molecule is CCn1ccc([C@H](C)NC(=O)c2cc(-c3cccs3)on2)n1. The average Bonchev–Trinajstić information content (AvgIpc) is 3.25. The van der Waals surface area contributed by atoms with E-state index in [2.05, 4.69) is 15.6 Å². The molecular weight excluding hydrogens is 300 g/mol. The third-order valence-corrected chi connectivity index (χ3v) is 4.17. The van der Waals surface area contributed by atoms with E-state index in [-0.39, 0.29) is 17.6 Å². The standard InChI is InChI=1S/C15H16N4O2S/c1-3-19-7-6-11(17-19)10(2)16-15(20)12-9-13(21-18-12)14-5-4-8-22-14/h4-10H,3H2,1-2H3,(H,16,20)/t10-/m0/s1.